The summed E-state index contributed by atoms with van der Waals surface area (Å²) in [6.07, 6.45) is -1.69. The molecular formula is C7H7NO3S. The zero-order chi connectivity index (χ0) is 9.19. The van der Waals surface area contributed by atoms with E-state index in [1.165, 1.54) is 12.1 Å². The molecule has 0 aliphatic heterocycles. The van der Waals surface area contributed by atoms with Gasteiger partial charge < -0.3 is 9.90 Å². The van der Waals surface area contributed by atoms with E-state index in [1.807, 2.05) is 0 Å². The summed E-state index contributed by atoms with van der Waals surface area (Å²) in [5, 5.41) is 19.6. The number of benzene rings is 1. The summed E-state index contributed by atoms with van der Waals surface area (Å²) in [6, 6.07) is 7.76. The molecule has 5 heteroatoms. The molecule has 1 rings (SSSR count). The lowest BCUT2D eigenvalue weighted by Gasteiger charge is -2.20. The SMILES string of the molecule is O=C([O-])[N+](O)(S)c1ccccc1. The Bertz CT molecular complexity index is 286. The zero-order valence-corrected chi connectivity index (χ0v) is 6.94. The average molecular weight is 185 g/mol. The standard InChI is InChI=1S/C7H7NO3S/c9-7(10)8(11,12)6-4-2-1-3-5-6/h1-5,11-12H. The van der Waals surface area contributed by atoms with E-state index in [4.69, 9.17) is 0 Å². The van der Waals surface area contributed by atoms with E-state index in [1.54, 1.807) is 18.2 Å². The lowest BCUT2D eigenvalue weighted by Crippen LogP contribution is -2.50. The van der Waals surface area contributed by atoms with Gasteiger partial charge in [0.2, 0.25) is 0 Å². The van der Waals surface area contributed by atoms with Crippen molar-refractivity contribution in [2.45, 2.75) is 0 Å². The van der Waals surface area contributed by atoms with Crippen molar-refractivity contribution in [1.82, 2.24) is 4.05 Å². The number of hydroxylamine groups is 1. The van der Waals surface area contributed by atoms with Gasteiger partial charge in [0.15, 0.2) is 5.69 Å². The third kappa shape index (κ3) is 1.58. The van der Waals surface area contributed by atoms with Crippen molar-refractivity contribution in [2.24, 2.45) is 0 Å². The molecule has 1 aromatic rings. The molecule has 0 saturated carbocycles. The highest BCUT2D eigenvalue weighted by Crippen LogP contribution is 2.21. The Morgan fingerprint density at radius 1 is 1.42 bits per heavy atom. The maximum absolute atomic E-state index is 10.4. The highest BCUT2D eigenvalue weighted by molar-refractivity contribution is 7.80. The molecule has 0 aliphatic rings. The van der Waals surface area contributed by atoms with Crippen molar-refractivity contribution in [3.8, 4) is 0 Å². The Labute approximate surface area is 74.8 Å². The molecule has 12 heavy (non-hydrogen) atoms. The van der Waals surface area contributed by atoms with E-state index >= 15 is 0 Å². The Morgan fingerprint density at radius 3 is 2.33 bits per heavy atom. The number of rotatable bonds is 1. The van der Waals surface area contributed by atoms with Gasteiger partial charge in [-0.1, -0.05) is 18.2 Å². The fourth-order valence-electron chi connectivity index (χ4n) is 0.741. The molecule has 64 valence electrons. The van der Waals surface area contributed by atoms with Crippen LogP contribution in [0.1, 0.15) is 0 Å². The molecule has 0 heterocycles. The number of carbonyl (C=O) groups is 1. The fraction of sp³-hybridized carbons (Fsp3) is 0. The minimum Gasteiger partial charge on any atom is -0.495 e. The molecule has 0 saturated heterocycles. The average Bonchev–Trinajstić information content (AvgIpc) is 2.06. The van der Waals surface area contributed by atoms with Crippen LogP contribution in [0.2, 0.25) is 0 Å². The van der Waals surface area contributed by atoms with Crippen molar-refractivity contribution in [2.75, 3.05) is 0 Å². The molecule has 4 nitrogen and oxygen atoms in total. The van der Waals surface area contributed by atoms with Crippen molar-refractivity contribution < 1.29 is 15.1 Å². The first kappa shape index (κ1) is 9.05. The van der Waals surface area contributed by atoms with E-state index in [0.717, 1.165) is 0 Å². The van der Waals surface area contributed by atoms with Crippen LogP contribution in [0.15, 0.2) is 30.3 Å². The second kappa shape index (κ2) is 3.14. The maximum Gasteiger partial charge on any atom is 0.310 e. The molecule has 0 spiro atoms. The number of carboxylic acid groups (broad SMARTS) is 1. The third-order valence-corrected chi connectivity index (χ3v) is 1.77. The van der Waals surface area contributed by atoms with Crippen molar-refractivity contribution in [3.63, 3.8) is 0 Å². The van der Waals surface area contributed by atoms with Crippen LogP contribution in [0.5, 0.6) is 0 Å². The van der Waals surface area contributed by atoms with Gasteiger partial charge in [0.25, 0.3) is 0 Å². The van der Waals surface area contributed by atoms with Crippen LogP contribution in [0.4, 0.5) is 10.5 Å². The first-order valence-electron chi connectivity index (χ1n) is 3.17. The van der Waals surface area contributed by atoms with Gasteiger partial charge in [0.05, 0.1) is 0 Å². The van der Waals surface area contributed by atoms with E-state index in [-0.39, 0.29) is 5.69 Å². The van der Waals surface area contributed by atoms with Crippen LogP contribution in [-0.2, 0) is 0 Å². The van der Waals surface area contributed by atoms with Crippen LogP contribution in [-0.4, -0.2) is 11.3 Å². The molecule has 1 aromatic carbocycles. The lowest BCUT2D eigenvalue weighted by atomic mass is 10.3. The third-order valence-electron chi connectivity index (χ3n) is 1.37. The predicted molar refractivity (Wildman–Crippen MR) is 44.4 cm³/mol. The molecule has 0 bridgehead atoms. The summed E-state index contributed by atoms with van der Waals surface area (Å²) in [7, 11) is 0. The normalized spacial score (nSPS) is 15.2. The number of amides is 1. The van der Waals surface area contributed by atoms with Gasteiger partial charge in [0.1, 0.15) is 12.8 Å². The molecule has 1 N–H and O–H groups in total. The van der Waals surface area contributed by atoms with Gasteiger partial charge in [-0.25, -0.2) is 0 Å². The number of thiol groups is 1. The summed E-state index contributed by atoms with van der Waals surface area (Å²) >= 11 is 3.50. The van der Waals surface area contributed by atoms with Crippen molar-refractivity contribution in [1.29, 1.82) is 0 Å². The Balaban J connectivity index is 3.06. The first-order valence-corrected chi connectivity index (χ1v) is 3.57. The number of carbonyl (C=O) groups excluding carboxylic acids is 1. The zero-order valence-electron chi connectivity index (χ0n) is 6.04. The van der Waals surface area contributed by atoms with Crippen LogP contribution in [0.25, 0.3) is 0 Å². The highest BCUT2D eigenvalue weighted by Gasteiger charge is 2.27. The molecule has 0 fully saturated rings. The highest BCUT2D eigenvalue weighted by atomic mass is 32.1. The molecule has 0 radical (unpaired) electrons. The Hall–Kier alpha value is -1.04. The van der Waals surface area contributed by atoms with E-state index in [9.17, 15) is 15.1 Å². The first-order chi connectivity index (χ1) is 5.55. The fourth-order valence-corrected chi connectivity index (χ4v) is 0.875. The van der Waals surface area contributed by atoms with Gasteiger partial charge in [-0.15, -0.1) is 0 Å². The van der Waals surface area contributed by atoms with Gasteiger partial charge in [-0.2, -0.15) is 5.21 Å². The largest absolute Gasteiger partial charge is 0.495 e. The Kier molecular flexibility index (Phi) is 2.37. The second-order valence-electron chi connectivity index (χ2n) is 2.20. The summed E-state index contributed by atoms with van der Waals surface area (Å²) in [5.41, 5.74) is 0.126. The van der Waals surface area contributed by atoms with Gasteiger partial charge >= 0.3 is 6.09 Å². The number of hydrogen-bond acceptors (Lipinski definition) is 4. The van der Waals surface area contributed by atoms with Crippen LogP contribution >= 0.6 is 12.8 Å². The number of quaternary nitrogens is 1. The van der Waals surface area contributed by atoms with E-state index in [2.05, 4.69) is 12.8 Å². The number of nitrogens with zero attached hydrogens (tertiary/aromatic N) is 1. The topological polar surface area (TPSA) is 60.4 Å². The maximum atomic E-state index is 10.4. The summed E-state index contributed by atoms with van der Waals surface area (Å²) in [5.74, 6) is 0. The smallest absolute Gasteiger partial charge is 0.310 e. The molecule has 1 atom stereocenters. The predicted octanol–water partition coefficient (Wildman–Crippen LogP) is 0.571. The molecule has 0 aromatic heterocycles. The van der Waals surface area contributed by atoms with E-state index < -0.39 is 10.1 Å². The van der Waals surface area contributed by atoms with Crippen LogP contribution in [0, 0.1) is 0 Å². The summed E-state index contributed by atoms with van der Waals surface area (Å²) in [4.78, 5) is 10.4. The van der Waals surface area contributed by atoms with Crippen LogP contribution in [0.3, 0.4) is 0 Å². The van der Waals surface area contributed by atoms with Gasteiger partial charge in [-0.3, -0.25) is 0 Å². The van der Waals surface area contributed by atoms with E-state index in [0.29, 0.717) is 0 Å². The van der Waals surface area contributed by atoms with Gasteiger partial charge in [-0.05, 0) is 4.05 Å². The summed E-state index contributed by atoms with van der Waals surface area (Å²) < 4.78 is -1.55. The number of para-hydroxylation sites is 1. The van der Waals surface area contributed by atoms with Crippen molar-refractivity contribution >= 4 is 24.6 Å². The summed E-state index contributed by atoms with van der Waals surface area (Å²) in [6.45, 7) is 0. The monoisotopic (exact) mass is 185 g/mol. The van der Waals surface area contributed by atoms with Crippen molar-refractivity contribution in [3.05, 3.63) is 30.3 Å². The van der Waals surface area contributed by atoms with Crippen LogP contribution < -0.4 is 9.16 Å². The molecule has 0 aliphatic carbocycles. The second-order valence-corrected chi connectivity index (χ2v) is 2.78. The Morgan fingerprint density at radius 2 is 1.92 bits per heavy atom. The number of hydrogen-bond donors (Lipinski definition) is 2. The minimum atomic E-state index is -1.69. The lowest BCUT2D eigenvalue weighted by molar-refractivity contribution is -0.275. The molecular weight excluding hydrogens is 178 g/mol. The minimum absolute atomic E-state index is 0.126. The van der Waals surface area contributed by atoms with Gasteiger partial charge in [0, 0.05) is 12.1 Å². The quantitative estimate of drug-likeness (QED) is 0.291. The molecule has 1 unspecified atom stereocenters. The molecule has 1 amide bonds.